The third-order valence-electron chi connectivity index (χ3n) is 3.21. The van der Waals surface area contributed by atoms with E-state index in [-0.39, 0.29) is 18.2 Å². The summed E-state index contributed by atoms with van der Waals surface area (Å²) in [7, 11) is 0. The van der Waals surface area contributed by atoms with Gasteiger partial charge in [0.05, 0.1) is 12.8 Å². The van der Waals surface area contributed by atoms with Gasteiger partial charge in [-0.1, -0.05) is 12.1 Å². The molecule has 2 amide bonds. The Morgan fingerprint density at radius 1 is 1.22 bits per heavy atom. The number of benzene rings is 1. The van der Waals surface area contributed by atoms with E-state index >= 15 is 0 Å². The minimum absolute atomic E-state index is 0.157. The predicted molar refractivity (Wildman–Crippen MR) is 81.6 cm³/mol. The lowest BCUT2D eigenvalue weighted by atomic mass is 10.3. The van der Waals surface area contributed by atoms with Crippen LogP contribution in [0, 0.1) is 0 Å². The Morgan fingerprint density at radius 3 is 2.78 bits per heavy atom. The molecule has 0 aliphatic heterocycles. The number of nitrogens with zero attached hydrogens (tertiary/aromatic N) is 1. The van der Waals surface area contributed by atoms with E-state index in [1.807, 2.05) is 24.3 Å². The highest BCUT2D eigenvalue weighted by Crippen LogP contribution is 2.19. The van der Waals surface area contributed by atoms with Gasteiger partial charge in [-0.2, -0.15) is 0 Å². The molecule has 0 spiro atoms. The van der Waals surface area contributed by atoms with Gasteiger partial charge in [0.2, 0.25) is 11.8 Å². The summed E-state index contributed by atoms with van der Waals surface area (Å²) in [5, 5.41) is 5.19. The molecule has 0 bridgehead atoms. The van der Waals surface area contributed by atoms with Gasteiger partial charge in [-0.25, -0.2) is 4.98 Å². The van der Waals surface area contributed by atoms with E-state index in [4.69, 9.17) is 8.83 Å². The molecular weight excluding hydrogens is 298 g/mol. The quantitative estimate of drug-likeness (QED) is 0.751. The van der Waals surface area contributed by atoms with E-state index in [9.17, 15) is 9.59 Å². The Kier molecular flexibility index (Phi) is 4.09. The summed E-state index contributed by atoms with van der Waals surface area (Å²) in [4.78, 5) is 27.9. The first-order valence-corrected chi connectivity index (χ1v) is 7.10. The van der Waals surface area contributed by atoms with Crippen molar-refractivity contribution in [2.24, 2.45) is 0 Å². The second-order valence-corrected chi connectivity index (χ2v) is 4.97. The van der Waals surface area contributed by atoms with E-state index in [0.717, 1.165) is 5.52 Å². The molecule has 1 aromatic carbocycles. The average Bonchev–Trinajstić information content (AvgIpc) is 3.21. The molecule has 118 valence electrons. The lowest BCUT2D eigenvalue weighted by Crippen LogP contribution is -2.38. The number of carbonyl (C=O) groups is 2. The fourth-order valence-corrected chi connectivity index (χ4v) is 2.08. The Labute approximate surface area is 131 Å². The van der Waals surface area contributed by atoms with Crippen LogP contribution in [-0.4, -0.2) is 23.3 Å². The summed E-state index contributed by atoms with van der Waals surface area (Å²) in [6, 6.07) is 10.1. The molecule has 3 rings (SSSR count). The van der Waals surface area contributed by atoms with Gasteiger partial charge in [0.25, 0.3) is 5.91 Å². The first kappa shape index (κ1) is 14.8. The van der Waals surface area contributed by atoms with Crippen molar-refractivity contribution in [1.29, 1.82) is 0 Å². The number of nitrogens with one attached hydrogen (secondary N) is 2. The van der Waals surface area contributed by atoms with E-state index < -0.39 is 11.9 Å². The summed E-state index contributed by atoms with van der Waals surface area (Å²) in [5.74, 6) is -0.221. The molecule has 2 N–H and O–H groups in total. The summed E-state index contributed by atoms with van der Waals surface area (Å²) < 4.78 is 10.5. The molecule has 2 aromatic heterocycles. The second kappa shape index (κ2) is 6.35. The Hall–Kier alpha value is -3.09. The Bertz CT molecular complexity index is 790. The predicted octanol–water partition coefficient (Wildman–Crippen LogP) is 2.03. The van der Waals surface area contributed by atoms with Crippen molar-refractivity contribution in [1.82, 2.24) is 15.6 Å². The molecule has 7 heteroatoms. The maximum Gasteiger partial charge on any atom is 0.287 e. The number of hydrogen-bond acceptors (Lipinski definition) is 5. The molecular formula is C16H15N3O4. The average molecular weight is 313 g/mol. The first-order chi connectivity index (χ1) is 11.1. The maximum atomic E-state index is 11.9. The van der Waals surface area contributed by atoms with Crippen molar-refractivity contribution < 1.29 is 18.4 Å². The third kappa shape index (κ3) is 3.39. The van der Waals surface area contributed by atoms with Gasteiger partial charge in [-0.3, -0.25) is 9.59 Å². The van der Waals surface area contributed by atoms with Crippen LogP contribution in [0.3, 0.4) is 0 Å². The van der Waals surface area contributed by atoms with Crippen LogP contribution in [0.15, 0.2) is 51.5 Å². The molecule has 0 radical (unpaired) electrons. The Morgan fingerprint density at radius 2 is 2.04 bits per heavy atom. The van der Waals surface area contributed by atoms with Gasteiger partial charge in [-0.05, 0) is 31.2 Å². The standard InChI is InChI=1S/C16H15N3O4/c1-10(16-19-11-5-2-3-6-12(11)23-16)18-14(20)9-17-15(21)13-7-4-8-22-13/h2-8,10H,9H2,1H3,(H,17,21)(H,18,20). The lowest BCUT2D eigenvalue weighted by Gasteiger charge is -2.10. The zero-order chi connectivity index (χ0) is 16.2. The van der Waals surface area contributed by atoms with E-state index in [0.29, 0.717) is 11.5 Å². The highest BCUT2D eigenvalue weighted by atomic mass is 16.4. The van der Waals surface area contributed by atoms with Crippen LogP contribution >= 0.6 is 0 Å². The molecule has 23 heavy (non-hydrogen) atoms. The van der Waals surface area contributed by atoms with Crippen molar-refractivity contribution in [2.75, 3.05) is 6.54 Å². The molecule has 0 aliphatic rings. The van der Waals surface area contributed by atoms with Gasteiger partial charge in [-0.15, -0.1) is 0 Å². The highest BCUT2D eigenvalue weighted by molar-refractivity contribution is 5.94. The van der Waals surface area contributed by atoms with Crippen molar-refractivity contribution in [3.05, 3.63) is 54.3 Å². The number of oxazole rings is 1. The van der Waals surface area contributed by atoms with Crippen LogP contribution in [-0.2, 0) is 4.79 Å². The number of aromatic nitrogens is 1. The number of furan rings is 1. The molecule has 1 unspecified atom stereocenters. The molecule has 0 saturated heterocycles. The summed E-state index contributed by atoms with van der Waals surface area (Å²) in [6.45, 7) is 1.60. The van der Waals surface area contributed by atoms with Gasteiger partial charge in [0.1, 0.15) is 11.6 Å². The van der Waals surface area contributed by atoms with Crippen LogP contribution < -0.4 is 10.6 Å². The number of amides is 2. The van der Waals surface area contributed by atoms with Crippen molar-refractivity contribution in [3.63, 3.8) is 0 Å². The number of rotatable bonds is 5. The number of hydrogen-bond donors (Lipinski definition) is 2. The zero-order valence-corrected chi connectivity index (χ0v) is 12.4. The van der Waals surface area contributed by atoms with Gasteiger partial charge < -0.3 is 19.5 Å². The fourth-order valence-electron chi connectivity index (χ4n) is 2.08. The lowest BCUT2D eigenvalue weighted by molar-refractivity contribution is -0.120. The SMILES string of the molecule is CC(NC(=O)CNC(=O)c1ccco1)c1nc2ccccc2o1. The normalized spacial score (nSPS) is 12.0. The summed E-state index contributed by atoms with van der Waals surface area (Å²) in [5.41, 5.74) is 1.39. The topological polar surface area (TPSA) is 97.4 Å². The van der Waals surface area contributed by atoms with Gasteiger partial charge >= 0.3 is 0 Å². The zero-order valence-electron chi connectivity index (χ0n) is 12.4. The molecule has 1 atom stereocenters. The van der Waals surface area contributed by atoms with Crippen LogP contribution in [0.4, 0.5) is 0 Å². The molecule has 0 saturated carbocycles. The fraction of sp³-hybridized carbons (Fsp3) is 0.188. The molecule has 3 aromatic rings. The van der Waals surface area contributed by atoms with Crippen molar-refractivity contribution >= 4 is 22.9 Å². The van der Waals surface area contributed by atoms with E-state index in [1.54, 1.807) is 13.0 Å². The Balaban J connectivity index is 1.55. The van der Waals surface area contributed by atoms with Crippen LogP contribution in [0.5, 0.6) is 0 Å². The van der Waals surface area contributed by atoms with Crippen molar-refractivity contribution in [2.45, 2.75) is 13.0 Å². The molecule has 0 aliphatic carbocycles. The number of para-hydroxylation sites is 2. The second-order valence-electron chi connectivity index (χ2n) is 4.97. The summed E-state index contributed by atoms with van der Waals surface area (Å²) >= 11 is 0. The highest BCUT2D eigenvalue weighted by Gasteiger charge is 2.16. The smallest absolute Gasteiger partial charge is 0.287 e. The van der Waals surface area contributed by atoms with Crippen LogP contribution in [0.2, 0.25) is 0 Å². The van der Waals surface area contributed by atoms with Crippen molar-refractivity contribution in [3.8, 4) is 0 Å². The molecule has 2 heterocycles. The molecule has 7 nitrogen and oxygen atoms in total. The first-order valence-electron chi connectivity index (χ1n) is 7.10. The third-order valence-corrected chi connectivity index (χ3v) is 3.21. The van der Waals surface area contributed by atoms with Crippen LogP contribution in [0.1, 0.15) is 29.4 Å². The number of fused-ring (bicyclic) bond motifs is 1. The summed E-state index contributed by atoms with van der Waals surface area (Å²) in [6.07, 6.45) is 1.39. The van der Waals surface area contributed by atoms with E-state index in [2.05, 4.69) is 15.6 Å². The maximum absolute atomic E-state index is 11.9. The minimum Gasteiger partial charge on any atom is -0.459 e. The largest absolute Gasteiger partial charge is 0.459 e. The van der Waals surface area contributed by atoms with Gasteiger partial charge in [0, 0.05) is 0 Å². The van der Waals surface area contributed by atoms with E-state index in [1.165, 1.54) is 12.3 Å². The van der Waals surface area contributed by atoms with Gasteiger partial charge in [0.15, 0.2) is 11.3 Å². The number of carbonyl (C=O) groups excluding carboxylic acids is 2. The minimum atomic E-state index is -0.445. The van der Waals surface area contributed by atoms with Crippen LogP contribution in [0.25, 0.3) is 11.1 Å². The monoisotopic (exact) mass is 313 g/mol. The molecule has 0 fully saturated rings.